The van der Waals surface area contributed by atoms with Gasteiger partial charge in [-0.15, -0.1) is 0 Å². The van der Waals surface area contributed by atoms with Gasteiger partial charge in [0.05, 0.1) is 48.7 Å². The van der Waals surface area contributed by atoms with Gasteiger partial charge in [0, 0.05) is 13.1 Å². The fourth-order valence-electron chi connectivity index (χ4n) is 7.43. The zero-order chi connectivity index (χ0) is 33.9. The van der Waals surface area contributed by atoms with Crippen LogP contribution in [-0.4, -0.2) is 54.6 Å². The first-order valence-corrected chi connectivity index (χ1v) is 17.6. The Morgan fingerprint density at radius 1 is 0.540 bits per heavy atom. The van der Waals surface area contributed by atoms with Gasteiger partial charge < -0.3 is 19.8 Å². The predicted molar refractivity (Wildman–Crippen MR) is 195 cm³/mol. The second-order valence-electron chi connectivity index (χ2n) is 13.3. The first kappa shape index (κ1) is 31.5. The Bertz CT molecular complexity index is 1920. The molecule has 0 aliphatic carbocycles. The van der Waals surface area contributed by atoms with E-state index >= 15 is 0 Å². The van der Waals surface area contributed by atoms with Gasteiger partial charge in [0.15, 0.2) is 0 Å². The first-order valence-electron chi connectivity index (χ1n) is 17.6. The van der Waals surface area contributed by atoms with Crippen LogP contribution in [-0.2, 0) is 22.4 Å². The highest BCUT2D eigenvalue weighted by atomic mass is 16.2. The van der Waals surface area contributed by atoms with Crippen LogP contribution in [0.5, 0.6) is 0 Å². The summed E-state index contributed by atoms with van der Waals surface area (Å²) >= 11 is 0. The van der Waals surface area contributed by atoms with Gasteiger partial charge >= 0.3 is 0 Å². The van der Waals surface area contributed by atoms with E-state index in [2.05, 4.69) is 58.5 Å². The Labute approximate surface area is 292 Å². The molecule has 4 aromatic carbocycles. The zero-order valence-corrected chi connectivity index (χ0v) is 28.0. The van der Waals surface area contributed by atoms with Crippen molar-refractivity contribution >= 4 is 11.8 Å². The molecule has 2 aliphatic heterocycles. The first-order chi connectivity index (χ1) is 24.6. The van der Waals surface area contributed by atoms with Gasteiger partial charge in [0.25, 0.3) is 0 Å². The van der Waals surface area contributed by atoms with Crippen molar-refractivity contribution in [2.24, 2.45) is 0 Å². The van der Waals surface area contributed by atoms with E-state index in [-0.39, 0.29) is 23.9 Å². The summed E-state index contributed by atoms with van der Waals surface area (Å²) < 4.78 is 0. The molecule has 0 saturated carbocycles. The van der Waals surface area contributed by atoms with Crippen LogP contribution in [0, 0.1) is 0 Å². The lowest BCUT2D eigenvalue weighted by atomic mass is 10.0. The molecule has 2 amide bonds. The Morgan fingerprint density at radius 3 is 1.32 bits per heavy atom. The normalized spacial score (nSPS) is 17.4. The molecule has 2 atom stereocenters. The molecule has 0 radical (unpaired) electrons. The minimum Gasteiger partial charge on any atom is -0.340 e. The Kier molecular flexibility index (Phi) is 8.82. The van der Waals surface area contributed by atoms with Gasteiger partial charge in [-0.25, -0.2) is 9.97 Å². The summed E-state index contributed by atoms with van der Waals surface area (Å²) in [5.41, 5.74) is 8.31. The van der Waals surface area contributed by atoms with E-state index in [0.717, 1.165) is 95.2 Å². The minimum atomic E-state index is -0.0251. The van der Waals surface area contributed by atoms with Gasteiger partial charge in [0.1, 0.15) is 11.6 Å². The van der Waals surface area contributed by atoms with E-state index in [1.165, 1.54) is 0 Å². The number of likely N-dealkylation sites (tertiary alicyclic amines) is 2. The lowest BCUT2D eigenvalue weighted by molar-refractivity contribution is -0.132. The van der Waals surface area contributed by atoms with Crippen LogP contribution in [0.2, 0.25) is 0 Å². The lowest BCUT2D eigenvalue weighted by Gasteiger charge is -2.23. The smallest absolute Gasteiger partial charge is 0.227 e. The monoisotopic (exact) mass is 660 g/mol. The second-order valence-corrected chi connectivity index (χ2v) is 13.3. The fraction of sp³-hybridized carbons (Fsp3) is 0.238. The maximum Gasteiger partial charge on any atom is 0.227 e. The number of nitrogens with one attached hydrogen (secondary N) is 2. The standard InChI is InChI=1S/C42H40N6O2/c49-39(25-29-9-3-1-4-10-29)47-23-7-13-37(47)41-43-27-35(45-41)33-19-15-31(16-20-33)32-17-21-34(22-18-32)36-28-44-42(46-36)38-14-8-24-48(38)40(50)26-30-11-5-2-6-12-30/h1-6,9-12,15-22,27-28,37-38H,7-8,13-14,23-26H2,(H,43,45)(H,44,46)/t37-,38-/m0/s1. The largest absolute Gasteiger partial charge is 0.340 e. The van der Waals surface area contributed by atoms with Crippen molar-refractivity contribution < 1.29 is 9.59 Å². The molecular weight excluding hydrogens is 621 g/mol. The van der Waals surface area contributed by atoms with Gasteiger partial charge in [-0.05, 0) is 59.1 Å². The highest BCUT2D eigenvalue weighted by Gasteiger charge is 2.33. The highest BCUT2D eigenvalue weighted by Crippen LogP contribution is 2.34. The molecule has 2 saturated heterocycles. The SMILES string of the molecule is O=C(Cc1ccccc1)N1CCC[C@H]1c1ncc(-c2ccc(-c3ccc(-c4cnc([C@@H]5CCCN5C(=O)Cc5ccccc5)[nH]4)cc3)cc2)[nH]1. The number of nitrogens with zero attached hydrogens (tertiary/aromatic N) is 4. The van der Waals surface area contributed by atoms with Crippen LogP contribution in [0.1, 0.15) is 60.5 Å². The quantitative estimate of drug-likeness (QED) is 0.165. The maximum absolute atomic E-state index is 13.2. The molecule has 2 aliphatic rings. The van der Waals surface area contributed by atoms with Crippen molar-refractivity contribution in [3.63, 3.8) is 0 Å². The molecule has 8 nitrogen and oxygen atoms in total. The molecule has 0 bridgehead atoms. The minimum absolute atomic E-state index is 0.0251. The number of amides is 2. The van der Waals surface area contributed by atoms with Gasteiger partial charge in [-0.2, -0.15) is 0 Å². The Morgan fingerprint density at radius 2 is 0.920 bits per heavy atom. The molecule has 2 aromatic heterocycles. The van der Waals surface area contributed by atoms with Crippen molar-refractivity contribution in [3.8, 4) is 33.6 Å². The van der Waals surface area contributed by atoms with Crippen LogP contribution in [0.15, 0.2) is 122 Å². The summed E-state index contributed by atoms with van der Waals surface area (Å²) in [6, 6.07) is 36.8. The third kappa shape index (κ3) is 6.61. The number of aromatic nitrogens is 4. The fourth-order valence-corrected chi connectivity index (χ4v) is 7.43. The van der Waals surface area contributed by atoms with E-state index < -0.39 is 0 Å². The molecule has 4 heterocycles. The topological polar surface area (TPSA) is 98.0 Å². The predicted octanol–water partition coefficient (Wildman–Crippen LogP) is 7.95. The van der Waals surface area contributed by atoms with Crippen LogP contribution in [0.3, 0.4) is 0 Å². The number of imidazole rings is 2. The summed E-state index contributed by atoms with van der Waals surface area (Å²) in [7, 11) is 0. The lowest BCUT2D eigenvalue weighted by Crippen LogP contribution is -2.32. The van der Waals surface area contributed by atoms with Crippen molar-refractivity contribution in [2.75, 3.05) is 13.1 Å². The van der Waals surface area contributed by atoms with E-state index in [0.29, 0.717) is 12.8 Å². The average Bonchev–Trinajstić information content (AvgIpc) is 3.99. The number of aromatic amines is 2. The van der Waals surface area contributed by atoms with E-state index in [9.17, 15) is 9.59 Å². The molecule has 8 heteroatoms. The summed E-state index contributed by atoms with van der Waals surface area (Å²) in [5, 5.41) is 0. The van der Waals surface area contributed by atoms with Crippen LogP contribution < -0.4 is 0 Å². The number of H-pyrrole nitrogens is 2. The third-order valence-corrected chi connectivity index (χ3v) is 10.1. The number of carbonyl (C=O) groups excluding carboxylic acids is 2. The summed E-state index contributed by atoms with van der Waals surface area (Å²) in [5.74, 6) is 1.98. The van der Waals surface area contributed by atoms with Crippen LogP contribution in [0.25, 0.3) is 33.6 Å². The molecule has 250 valence electrons. The summed E-state index contributed by atoms with van der Waals surface area (Å²) in [4.78, 5) is 46.7. The number of rotatable bonds is 9. The van der Waals surface area contributed by atoms with Crippen molar-refractivity contribution in [1.29, 1.82) is 0 Å². The van der Waals surface area contributed by atoms with Gasteiger partial charge in [0.2, 0.25) is 11.8 Å². The van der Waals surface area contributed by atoms with Crippen LogP contribution in [0.4, 0.5) is 0 Å². The Hall–Kier alpha value is -5.76. The van der Waals surface area contributed by atoms with Crippen molar-refractivity contribution in [1.82, 2.24) is 29.7 Å². The number of benzene rings is 4. The Balaban J connectivity index is 0.910. The number of hydrogen-bond donors (Lipinski definition) is 2. The zero-order valence-electron chi connectivity index (χ0n) is 28.0. The van der Waals surface area contributed by atoms with Gasteiger partial charge in [-0.3, -0.25) is 9.59 Å². The average molecular weight is 661 g/mol. The summed E-state index contributed by atoms with van der Waals surface area (Å²) in [6.07, 6.45) is 8.35. The van der Waals surface area contributed by atoms with E-state index in [1.807, 2.05) is 82.9 Å². The molecule has 8 rings (SSSR count). The second kappa shape index (κ2) is 14.0. The maximum atomic E-state index is 13.2. The van der Waals surface area contributed by atoms with Crippen LogP contribution >= 0.6 is 0 Å². The molecular formula is C42H40N6O2. The number of hydrogen-bond acceptors (Lipinski definition) is 4. The molecule has 2 N–H and O–H groups in total. The molecule has 6 aromatic rings. The number of carbonyl (C=O) groups is 2. The van der Waals surface area contributed by atoms with E-state index in [1.54, 1.807) is 0 Å². The third-order valence-electron chi connectivity index (χ3n) is 10.1. The summed E-state index contributed by atoms with van der Waals surface area (Å²) in [6.45, 7) is 1.52. The molecule has 0 unspecified atom stereocenters. The molecule has 2 fully saturated rings. The molecule has 50 heavy (non-hydrogen) atoms. The highest BCUT2D eigenvalue weighted by molar-refractivity contribution is 5.80. The van der Waals surface area contributed by atoms with E-state index in [4.69, 9.17) is 9.97 Å². The van der Waals surface area contributed by atoms with Crippen molar-refractivity contribution in [3.05, 3.63) is 144 Å². The van der Waals surface area contributed by atoms with Crippen molar-refractivity contribution in [2.45, 2.75) is 50.6 Å². The molecule has 0 spiro atoms. The van der Waals surface area contributed by atoms with Gasteiger partial charge in [-0.1, -0.05) is 109 Å².